The Morgan fingerprint density at radius 1 is 1.25 bits per heavy atom. The van der Waals surface area contributed by atoms with Crippen molar-refractivity contribution in [1.29, 1.82) is 0 Å². The molecular formula is C16H17F3N2O3. The monoisotopic (exact) mass is 342 g/mol. The molecule has 0 aliphatic rings. The highest BCUT2D eigenvalue weighted by atomic mass is 19.4. The Hall–Kier alpha value is -2.38. The summed E-state index contributed by atoms with van der Waals surface area (Å²) < 4.78 is 45.0. The van der Waals surface area contributed by atoms with Gasteiger partial charge >= 0.3 is 12.1 Å². The lowest BCUT2D eigenvalue weighted by molar-refractivity contribution is -0.141. The van der Waals surface area contributed by atoms with E-state index in [2.05, 4.69) is 4.98 Å². The maximum absolute atomic E-state index is 12.9. The van der Waals surface area contributed by atoms with Crippen LogP contribution in [0.25, 0.3) is 11.0 Å². The molecule has 2 rings (SSSR count). The van der Waals surface area contributed by atoms with Gasteiger partial charge in [-0.05, 0) is 39.8 Å². The molecular weight excluding hydrogens is 325 g/mol. The van der Waals surface area contributed by atoms with Gasteiger partial charge in [-0.2, -0.15) is 13.2 Å². The third-order valence-electron chi connectivity index (χ3n) is 3.36. The fourth-order valence-electron chi connectivity index (χ4n) is 2.23. The first-order chi connectivity index (χ1) is 11.0. The highest BCUT2D eigenvalue weighted by molar-refractivity contribution is 5.93. The Labute approximate surface area is 136 Å². The number of hydrogen-bond donors (Lipinski definition) is 0. The van der Waals surface area contributed by atoms with Crippen molar-refractivity contribution in [2.24, 2.45) is 0 Å². The summed E-state index contributed by atoms with van der Waals surface area (Å²) in [5.74, 6) is -0.817. The number of carbonyl (C=O) groups excluding carboxylic acids is 1. The Morgan fingerprint density at radius 3 is 2.38 bits per heavy atom. The molecule has 0 unspecified atom stereocenters. The van der Waals surface area contributed by atoms with Crippen LogP contribution in [-0.2, 0) is 16.5 Å². The normalized spacial score (nSPS) is 12.5. The van der Waals surface area contributed by atoms with E-state index in [9.17, 15) is 22.8 Å². The van der Waals surface area contributed by atoms with E-state index in [0.717, 1.165) is 12.1 Å². The lowest BCUT2D eigenvalue weighted by Crippen LogP contribution is -2.29. The Kier molecular flexibility index (Phi) is 4.43. The van der Waals surface area contributed by atoms with Gasteiger partial charge in [0.15, 0.2) is 0 Å². The molecule has 2 heterocycles. The molecule has 0 aliphatic heterocycles. The lowest BCUT2D eigenvalue weighted by atomic mass is 10.1. The molecule has 0 radical (unpaired) electrons. The summed E-state index contributed by atoms with van der Waals surface area (Å²) in [5, 5.41) is -0.0662. The molecule has 0 bridgehead atoms. The average Bonchev–Trinajstić information content (AvgIpc) is 2.45. The molecule has 0 fully saturated rings. The number of ether oxygens (including phenoxy) is 1. The van der Waals surface area contributed by atoms with Crippen LogP contribution in [0.2, 0.25) is 0 Å². The smallest absolute Gasteiger partial charge is 0.433 e. The van der Waals surface area contributed by atoms with Crippen LogP contribution in [0.1, 0.15) is 43.7 Å². The predicted molar refractivity (Wildman–Crippen MR) is 82.0 cm³/mol. The van der Waals surface area contributed by atoms with Gasteiger partial charge in [-0.25, -0.2) is 9.78 Å². The number of pyridine rings is 2. The molecule has 0 aliphatic carbocycles. The van der Waals surface area contributed by atoms with Gasteiger partial charge < -0.3 is 9.30 Å². The van der Waals surface area contributed by atoms with Crippen LogP contribution < -0.4 is 5.43 Å². The Bertz CT molecular complexity index is 848. The minimum absolute atomic E-state index is 0.0662. The van der Waals surface area contributed by atoms with Crippen molar-refractivity contribution in [3.8, 4) is 0 Å². The first kappa shape index (κ1) is 18.0. The second-order valence-corrected chi connectivity index (χ2v) is 6.20. The van der Waals surface area contributed by atoms with Gasteiger partial charge in [-0.3, -0.25) is 4.79 Å². The van der Waals surface area contributed by atoms with Crippen LogP contribution >= 0.6 is 0 Å². The van der Waals surface area contributed by atoms with Crippen molar-refractivity contribution >= 4 is 17.0 Å². The SMILES string of the molecule is CCOC(=O)c1cn(C(C)(C)C)c2nc(C(F)(F)F)ccc2c1=O. The summed E-state index contributed by atoms with van der Waals surface area (Å²) in [6, 6.07) is 1.77. The molecule has 5 nitrogen and oxygen atoms in total. The summed E-state index contributed by atoms with van der Waals surface area (Å²) >= 11 is 0. The number of esters is 1. The number of hydrogen-bond acceptors (Lipinski definition) is 4. The van der Waals surface area contributed by atoms with Crippen molar-refractivity contribution in [2.75, 3.05) is 6.61 Å². The molecule has 8 heteroatoms. The standard InChI is InChI=1S/C16H17F3N2O3/c1-5-24-14(23)10-8-21(15(2,3)4)13-9(12(10)22)6-7-11(20-13)16(17,18)19/h6-8H,5H2,1-4H3. The number of halogens is 3. The van der Waals surface area contributed by atoms with E-state index < -0.39 is 28.8 Å². The summed E-state index contributed by atoms with van der Waals surface area (Å²) in [7, 11) is 0. The number of fused-ring (bicyclic) bond motifs is 1. The molecule has 0 spiro atoms. The van der Waals surface area contributed by atoms with Crippen LogP contribution in [-0.4, -0.2) is 22.1 Å². The fraction of sp³-hybridized carbons (Fsp3) is 0.438. The van der Waals surface area contributed by atoms with Crippen LogP contribution in [0.15, 0.2) is 23.1 Å². The molecule has 0 aromatic carbocycles. The van der Waals surface area contributed by atoms with E-state index in [0.29, 0.717) is 0 Å². The molecule has 0 saturated heterocycles. The molecule has 2 aromatic rings. The number of aromatic nitrogens is 2. The molecule has 0 amide bonds. The lowest BCUT2D eigenvalue weighted by Gasteiger charge is -2.26. The van der Waals surface area contributed by atoms with E-state index in [4.69, 9.17) is 4.74 Å². The van der Waals surface area contributed by atoms with Gasteiger partial charge in [0.2, 0.25) is 5.43 Å². The van der Waals surface area contributed by atoms with E-state index in [1.807, 2.05) is 0 Å². The largest absolute Gasteiger partial charge is 0.462 e. The van der Waals surface area contributed by atoms with Crippen LogP contribution in [0.3, 0.4) is 0 Å². The number of rotatable bonds is 2. The van der Waals surface area contributed by atoms with Crippen molar-refractivity contribution in [3.63, 3.8) is 0 Å². The molecule has 130 valence electrons. The second kappa shape index (κ2) is 5.92. The maximum Gasteiger partial charge on any atom is 0.433 e. The quantitative estimate of drug-likeness (QED) is 0.785. The van der Waals surface area contributed by atoms with Gasteiger partial charge in [0.1, 0.15) is 16.9 Å². The Balaban J connectivity index is 2.88. The first-order valence-corrected chi connectivity index (χ1v) is 7.28. The number of carbonyl (C=O) groups is 1. The predicted octanol–water partition coefficient (Wildman–Crippen LogP) is 3.35. The second-order valence-electron chi connectivity index (χ2n) is 6.20. The van der Waals surface area contributed by atoms with Crippen molar-refractivity contribution < 1.29 is 22.7 Å². The van der Waals surface area contributed by atoms with Crippen LogP contribution in [0.5, 0.6) is 0 Å². The van der Waals surface area contributed by atoms with E-state index in [1.165, 1.54) is 10.8 Å². The van der Waals surface area contributed by atoms with Crippen LogP contribution in [0, 0.1) is 0 Å². The summed E-state index contributed by atoms with van der Waals surface area (Å²) in [5.41, 5.74) is -2.87. The summed E-state index contributed by atoms with van der Waals surface area (Å²) in [6.07, 6.45) is -3.43. The van der Waals surface area contributed by atoms with Crippen molar-refractivity contribution in [2.45, 2.75) is 39.4 Å². The van der Waals surface area contributed by atoms with E-state index >= 15 is 0 Å². The van der Waals surface area contributed by atoms with Gasteiger partial charge in [0.25, 0.3) is 0 Å². The van der Waals surface area contributed by atoms with E-state index in [-0.39, 0.29) is 23.2 Å². The van der Waals surface area contributed by atoms with Crippen molar-refractivity contribution in [3.05, 3.63) is 39.8 Å². The minimum atomic E-state index is -4.63. The minimum Gasteiger partial charge on any atom is -0.462 e. The first-order valence-electron chi connectivity index (χ1n) is 7.28. The van der Waals surface area contributed by atoms with Crippen LogP contribution in [0.4, 0.5) is 13.2 Å². The summed E-state index contributed by atoms with van der Waals surface area (Å²) in [6.45, 7) is 6.87. The van der Waals surface area contributed by atoms with Gasteiger partial charge in [-0.15, -0.1) is 0 Å². The molecule has 24 heavy (non-hydrogen) atoms. The molecule has 2 aromatic heterocycles. The van der Waals surface area contributed by atoms with Gasteiger partial charge in [0.05, 0.1) is 12.0 Å². The highest BCUT2D eigenvalue weighted by Crippen LogP contribution is 2.29. The fourth-order valence-corrected chi connectivity index (χ4v) is 2.23. The van der Waals surface area contributed by atoms with E-state index in [1.54, 1.807) is 27.7 Å². The summed E-state index contributed by atoms with van der Waals surface area (Å²) in [4.78, 5) is 28.0. The zero-order valence-electron chi connectivity index (χ0n) is 13.7. The maximum atomic E-state index is 12.9. The number of nitrogens with zero attached hydrogens (tertiary/aromatic N) is 2. The molecule has 0 saturated carbocycles. The average molecular weight is 342 g/mol. The van der Waals surface area contributed by atoms with Crippen molar-refractivity contribution in [1.82, 2.24) is 9.55 Å². The van der Waals surface area contributed by atoms with Gasteiger partial charge in [0, 0.05) is 11.7 Å². The third kappa shape index (κ3) is 3.27. The third-order valence-corrected chi connectivity index (χ3v) is 3.36. The Morgan fingerprint density at radius 2 is 1.88 bits per heavy atom. The topological polar surface area (TPSA) is 61.2 Å². The zero-order chi connectivity index (χ0) is 18.3. The molecule has 0 atom stereocenters. The number of alkyl halides is 3. The highest BCUT2D eigenvalue weighted by Gasteiger charge is 2.33. The molecule has 0 N–H and O–H groups in total. The zero-order valence-corrected chi connectivity index (χ0v) is 13.7. The van der Waals surface area contributed by atoms with Gasteiger partial charge in [-0.1, -0.05) is 0 Å².